The van der Waals surface area contributed by atoms with E-state index in [9.17, 15) is 14.9 Å². The lowest BCUT2D eigenvalue weighted by atomic mass is 10.1. The molecule has 0 spiro atoms. The fraction of sp³-hybridized carbons (Fsp3) is 0.350. The van der Waals surface area contributed by atoms with Gasteiger partial charge in [0.15, 0.2) is 0 Å². The molecule has 0 aliphatic carbocycles. The number of anilines is 2. The van der Waals surface area contributed by atoms with E-state index < -0.39 is 4.92 Å². The molecule has 1 N–H and O–H groups in total. The van der Waals surface area contributed by atoms with Crippen LogP contribution in [0.5, 0.6) is 0 Å². The van der Waals surface area contributed by atoms with Crippen LogP contribution in [0, 0.1) is 10.1 Å². The molecule has 0 saturated carbocycles. The second-order valence-corrected chi connectivity index (χ2v) is 6.52. The molecule has 2 aromatic rings. The van der Waals surface area contributed by atoms with Crippen molar-refractivity contribution in [3.8, 4) is 0 Å². The number of ether oxygens (including phenoxy) is 1. The van der Waals surface area contributed by atoms with E-state index in [1.165, 1.54) is 12.1 Å². The number of nitro groups is 1. The van der Waals surface area contributed by atoms with Crippen molar-refractivity contribution in [1.29, 1.82) is 0 Å². The standard InChI is InChI=1S/C20H24N4O4/c1-28-14-9-21-19-8-7-17(24(26)27)15-18(19)20(25)23-12-10-22(11-13-23)16-5-3-2-4-6-16/h2-8,15,21H,9-14H2,1H3. The fourth-order valence-corrected chi connectivity index (χ4v) is 3.24. The van der Waals surface area contributed by atoms with Crippen LogP contribution in [0.15, 0.2) is 48.5 Å². The molecular formula is C20H24N4O4. The van der Waals surface area contributed by atoms with Gasteiger partial charge in [0.1, 0.15) is 0 Å². The van der Waals surface area contributed by atoms with Crippen molar-refractivity contribution in [2.24, 2.45) is 0 Å². The Hall–Kier alpha value is -3.13. The van der Waals surface area contributed by atoms with Gasteiger partial charge in [0.25, 0.3) is 11.6 Å². The zero-order valence-corrected chi connectivity index (χ0v) is 15.8. The van der Waals surface area contributed by atoms with Gasteiger partial charge in [0, 0.05) is 63.3 Å². The van der Waals surface area contributed by atoms with Gasteiger partial charge in [-0.25, -0.2) is 0 Å². The topological polar surface area (TPSA) is 87.9 Å². The minimum absolute atomic E-state index is 0.0939. The van der Waals surface area contributed by atoms with Crippen LogP contribution in [0.25, 0.3) is 0 Å². The second-order valence-electron chi connectivity index (χ2n) is 6.52. The summed E-state index contributed by atoms with van der Waals surface area (Å²) in [4.78, 5) is 27.7. The van der Waals surface area contributed by atoms with E-state index in [2.05, 4.69) is 22.3 Å². The average molecular weight is 384 g/mol. The van der Waals surface area contributed by atoms with Crippen LogP contribution < -0.4 is 10.2 Å². The molecule has 0 radical (unpaired) electrons. The number of hydrogen-bond acceptors (Lipinski definition) is 6. The lowest BCUT2D eigenvalue weighted by Crippen LogP contribution is -2.48. The fourth-order valence-electron chi connectivity index (χ4n) is 3.24. The van der Waals surface area contributed by atoms with Crippen LogP contribution in [0.1, 0.15) is 10.4 Å². The Bertz CT molecular complexity index is 820. The Morgan fingerprint density at radius 3 is 2.50 bits per heavy atom. The monoisotopic (exact) mass is 384 g/mol. The first-order valence-corrected chi connectivity index (χ1v) is 9.20. The molecule has 1 heterocycles. The van der Waals surface area contributed by atoms with Gasteiger partial charge in [0.2, 0.25) is 0 Å². The van der Waals surface area contributed by atoms with Crippen LogP contribution in [0.2, 0.25) is 0 Å². The summed E-state index contributed by atoms with van der Waals surface area (Å²) in [5, 5.41) is 14.3. The third-order valence-electron chi connectivity index (χ3n) is 4.75. The number of carbonyl (C=O) groups is 1. The van der Waals surface area contributed by atoms with E-state index in [1.807, 2.05) is 18.2 Å². The SMILES string of the molecule is COCCNc1ccc([N+](=O)[O-])cc1C(=O)N1CCN(c2ccccc2)CC1. The number of nitro benzene ring substituents is 1. The highest BCUT2D eigenvalue weighted by Crippen LogP contribution is 2.25. The summed E-state index contributed by atoms with van der Waals surface area (Å²) in [5.74, 6) is -0.198. The summed E-state index contributed by atoms with van der Waals surface area (Å²) in [6.07, 6.45) is 0. The van der Waals surface area contributed by atoms with Crippen molar-refractivity contribution in [1.82, 2.24) is 4.90 Å². The highest BCUT2D eigenvalue weighted by atomic mass is 16.6. The van der Waals surface area contributed by atoms with E-state index in [-0.39, 0.29) is 11.6 Å². The van der Waals surface area contributed by atoms with Gasteiger partial charge >= 0.3 is 0 Å². The van der Waals surface area contributed by atoms with Crippen molar-refractivity contribution in [3.63, 3.8) is 0 Å². The third-order valence-corrected chi connectivity index (χ3v) is 4.75. The van der Waals surface area contributed by atoms with E-state index >= 15 is 0 Å². The molecule has 148 valence electrons. The largest absolute Gasteiger partial charge is 0.383 e. The number of benzene rings is 2. The first-order valence-electron chi connectivity index (χ1n) is 9.20. The predicted octanol–water partition coefficient (Wildman–Crippen LogP) is 2.62. The lowest BCUT2D eigenvalue weighted by Gasteiger charge is -2.36. The molecule has 28 heavy (non-hydrogen) atoms. The van der Waals surface area contributed by atoms with Gasteiger partial charge in [-0.15, -0.1) is 0 Å². The third kappa shape index (κ3) is 4.58. The molecule has 1 fully saturated rings. The average Bonchev–Trinajstić information content (AvgIpc) is 2.74. The van der Waals surface area contributed by atoms with Crippen molar-refractivity contribution in [2.75, 3.05) is 56.7 Å². The molecule has 2 aromatic carbocycles. The van der Waals surface area contributed by atoms with E-state index in [4.69, 9.17) is 4.74 Å². The van der Waals surface area contributed by atoms with Crippen molar-refractivity contribution in [3.05, 3.63) is 64.2 Å². The molecule has 0 atom stereocenters. The summed E-state index contributed by atoms with van der Waals surface area (Å²) < 4.78 is 5.02. The summed E-state index contributed by atoms with van der Waals surface area (Å²) in [6, 6.07) is 14.4. The molecule has 3 rings (SSSR count). The molecule has 0 aromatic heterocycles. The Morgan fingerprint density at radius 1 is 1.14 bits per heavy atom. The first kappa shape index (κ1) is 19.6. The molecule has 1 saturated heterocycles. The number of nitrogens with zero attached hydrogens (tertiary/aromatic N) is 3. The molecule has 8 heteroatoms. The molecule has 8 nitrogen and oxygen atoms in total. The minimum atomic E-state index is -0.483. The van der Waals surface area contributed by atoms with Gasteiger partial charge in [-0.2, -0.15) is 0 Å². The first-order chi connectivity index (χ1) is 13.6. The normalized spacial score (nSPS) is 14.0. The van der Waals surface area contributed by atoms with Gasteiger partial charge in [0.05, 0.1) is 17.1 Å². The quantitative estimate of drug-likeness (QED) is 0.449. The molecular weight excluding hydrogens is 360 g/mol. The number of carbonyl (C=O) groups excluding carboxylic acids is 1. The summed E-state index contributed by atoms with van der Waals surface area (Å²) in [6.45, 7) is 3.55. The number of piperazine rings is 1. The molecule has 0 bridgehead atoms. The molecule has 1 aliphatic rings. The number of non-ortho nitro benzene ring substituents is 1. The van der Waals surface area contributed by atoms with Crippen molar-refractivity contribution >= 4 is 23.0 Å². The maximum atomic E-state index is 13.1. The number of para-hydroxylation sites is 1. The van der Waals surface area contributed by atoms with E-state index in [1.54, 1.807) is 18.1 Å². The lowest BCUT2D eigenvalue weighted by molar-refractivity contribution is -0.384. The van der Waals surface area contributed by atoms with Gasteiger partial charge in [-0.3, -0.25) is 14.9 Å². The number of rotatable bonds is 7. The van der Waals surface area contributed by atoms with Gasteiger partial charge < -0.3 is 19.9 Å². The number of amides is 1. The Labute approximate surface area is 163 Å². The predicted molar refractivity (Wildman–Crippen MR) is 108 cm³/mol. The second kappa shape index (κ2) is 9.18. The van der Waals surface area contributed by atoms with Crippen LogP contribution in [-0.2, 0) is 4.74 Å². The highest BCUT2D eigenvalue weighted by Gasteiger charge is 2.25. The molecule has 1 amide bonds. The van der Waals surface area contributed by atoms with Crippen molar-refractivity contribution < 1.29 is 14.5 Å². The zero-order chi connectivity index (χ0) is 19.9. The number of nitrogens with one attached hydrogen (secondary N) is 1. The summed E-state index contributed by atoms with van der Waals surface area (Å²) in [7, 11) is 1.59. The van der Waals surface area contributed by atoms with Crippen LogP contribution in [-0.4, -0.2) is 62.2 Å². The summed E-state index contributed by atoms with van der Waals surface area (Å²) >= 11 is 0. The Balaban J connectivity index is 1.73. The van der Waals surface area contributed by atoms with Crippen LogP contribution in [0.4, 0.5) is 17.1 Å². The Morgan fingerprint density at radius 2 is 1.86 bits per heavy atom. The van der Waals surface area contributed by atoms with Crippen LogP contribution in [0.3, 0.4) is 0 Å². The smallest absolute Gasteiger partial charge is 0.270 e. The maximum absolute atomic E-state index is 13.1. The van der Waals surface area contributed by atoms with E-state index in [0.717, 1.165) is 18.8 Å². The molecule has 1 aliphatic heterocycles. The number of methoxy groups -OCH3 is 1. The highest BCUT2D eigenvalue weighted by molar-refractivity contribution is 6.00. The Kier molecular flexibility index (Phi) is 6.44. The maximum Gasteiger partial charge on any atom is 0.270 e. The minimum Gasteiger partial charge on any atom is -0.383 e. The van der Waals surface area contributed by atoms with Gasteiger partial charge in [-0.1, -0.05) is 18.2 Å². The van der Waals surface area contributed by atoms with Crippen LogP contribution >= 0.6 is 0 Å². The summed E-state index contributed by atoms with van der Waals surface area (Å²) in [5.41, 5.74) is 1.94. The van der Waals surface area contributed by atoms with Crippen molar-refractivity contribution in [2.45, 2.75) is 0 Å². The van der Waals surface area contributed by atoms with Gasteiger partial charge in [-0.05, 0) is 18.2 Å². The van der Waals surface area contributed by atoms with E-state index in [0.29, 0.717) is 37.5 Å². The number of hydrogen-bond donors (Lipinski definition) is 1. The zero-order valence-electron chi connectivity index (χ0n) is 15.8. The molecule has 0 unspecified atom stereocenters.